The molecule has 58 valence electrons. The van der Waals surface area contributed by atoms with Gasteiger partial charge in [-0.2, -0.15) is 0 Å². The molecule has 0 aromatic rings. The molecule has 0 unspecified atom stereocenters. The summed E-state index contributed by atoms with van der Waals surface area (Å²) in [7, 11) is 3.52. The number of allylic oxidation sites excluding steroid dienone is 1. The van der Waals surface area contributed by atoms with Crippen molar-refractivity contribution in [3.8, 4) is 0 Å². The first-order chi connectivity index (χ1) is 4.59. The summed E-state index contributed by atoms with van der Waals surface area (Å²) in [6.45, 7) is 3.86. The molecule has 0 aromatic carbocycles. The van der Waals surface area contributed by atoms with Gasteiger partial charge in [0.1, 0.15) is 0 Å². The standard InChI is InChI=1S/C8H15NO/c1-5-6-7(2)8(10)9(3)4/h6H,5H2,1-4H3. The van der Waals surface area contributed by atoms with Crippen molar-refractivity contribution in [2.45, 2.75) is 20.3 Å². The fourth-order valence-electron chi connectivity index (χ4n) is 0.746. The summed E-state index contributed by atoms with van der Waals surface area (Å²) in [6.07, 6.45) is 2.85. The van der Waals surface area contributed by atoms with Crippen LogP contribution in [0.25, 0.3) is 0 Å². The Hall–Kier alpha value is -0.790. The van der Waals surface area contributed by atoms with Crippen molar-refractivity contribution >= 4 is 5.91 Å². The maximum absolute atomic E-state index is 11.1. The number of hydrogen-bond donors (Lipinski definition) is 0. The Bertz CT molecular complexity index is 147. The smallest absolute Gasteiger partial charge is 0.248 e. The Morgan fingerprint density at radius 3 is 2.30 bits per heavy atom. The van der Waals surface area contributed by atoms with Gasteiger partial charge in [0, 0.05) is 19.7 Å². The average Bonchev–Trinajstić information content (AvgIpc) is 1.87. The lowest BCUT2D eigenvalue weighted by Gasteiger charge is -2.09. The zero-order valence-corrected chi connectivity index (χ0v) is 7.14. The van der Waals surface area contributed by atoms with Crippen LogP contribution in [0, 0.1) is 0 Å². The summed E-state index contributed by atoms with van der Waals surface area (Å²) in [5, 5.41) is 0. The maximum atomic E-state index is 11.1. The maximum Gasteiger partial charge on any atom is 0.248 e. The first kappa shape index (κ1) is 9.21. The Morgan fingerprint density at radius 1 is 1.50 bits per heavy atom. The molecule has 0 aliphatic heterocycles. The first-order valence-electron chi connectivity index (χ1n) is 3.48. The third-order valence-electron chi connectivity index (χ3n) is 1.25. The van der Waals surface area contributed by atoms with Crippen molar-refractivity contribution in [2.24, 2.45) is 0 Å². The van der Waals surface area contributed by atoms with E-state index in [0.717, 1.165) is 12.0 Å². The zero-order valence-electron chi connectivity index (χ0n) is 7.14. The first-order valence-corrected chi connectivity index (χ1v) is 3.48. The molecule has 0 atom stereocenters. The summed E-state index contributed by atoms with van der Waals surface area (Å²) < 4.78 is 0. The van der Waals surface area contributed by atoms with Gasteiger partial charge in [-0.3, -0.25) is 4.79 Å². The van der Waals surface area contributed by atoms with Crippen LogP contribution in [0.2, 0.25) is 0 Å². The summed E-state index contributed by atoms with van der Waals surface area (Å²) in [6, 6.07) is 0. The van der Waals surface area contributed by atoms with Crippen molar-refractivity contribution in [3.05, 3.63) is 11.6 Å². The molecule has 0 heterocycles. The van der Waals surface area contributed by atoms with E-state index in [4.69, 9.17) is 0 Å². The van der Waals surface area contributed by atoms with Gasteiger partial charge in [0.15, 0.2) is 0 Å². The van der Waals surface area contributed by atoms with Crippen molar-refractivity contribution < 1.29 is 4.79 Å². The largest absolute Gasteiger partial charge is 0.345 e. The van der Waals surface area contributed by atoms with Gasteiger partial charge < -0.3 is 4.90 Å². The summed E-state index contributed by atoms with van der Waals surface area (Å²) >= 11 is 0. The topological polar surface area (TPSA) is 20.3 Å². The molecule has 0 fully saturated rings. The average molecular weight is 141 g/mol. The highest BCUT2D eigenvalue weighted by Gasteiger charge is 2.03. The van der Waals surface area contributed by atoms with Crippen LogP contribution in [0.4, 0.5) is 0 Å². The van der Waals surface area contributed by atoms with Crippen molar-refractivity contribution in [2.75, 3.05) is 14.1 Å². The van der Waals surface area contributed by atoms with Crippen LogP contribution in [0.3, 0.4) is 0 Å². The monoisotopic (exact) mass is 141 g/mol. The van der Waals surface area contributed by atoms with E-state index in [1.807, 2.05) is 19.9 Å². The molecule has 2 nitrogen and oxygen atoms in total. The molecule has 2 heteroatoms. The van der Waals surface area contributed by atoms with Crippen LogP contribution in [0.1, 0.15) is 20.3 Å². The molecule has 0 N–H and O–H groups in total. The van der Waals surface area contributed by atoms with E-state index in [1.165, 1.54) is 0 Å². The molecule has 10 heavy (non-hydrogen) atoms. The van der Waals surface area contributed by atoms with Crippen LogP contribution < -0.4 is 0 Å². The second-order valence-electron chi connectivity index (χ2n) is 2.49. The lowest BCUT2D eigenvalue weighted by atomic mass is 10.2. The normalized spacial score (nSPS) is 11.4. The lowest BCUT2D eigenvalue weighted by Crippen LogP contribution is -2.22. The molecule has 0 aliphatic carbocycles. The van der Waals surface area contributed by atoms with E-state index in [2.05, 4.69) is 0 Å². The van der Waals surface area contributed by atoms with E-state index >= 15 is 0 Å². The van der Waals surface area contributed by atoms with E-state index in [9.17, 15) is 4.79 Å². The highest BCUT2D eigenvalue weighted by molar-refractivity contribution is 5.92. The van der Waals surface area contributed by atoms with Crippen molar-refractivity contribution in [1.82, 2.24) is 4.90 Å². The number of carbonyl (C=O) groups excluding carboxylic acids is 1. The molecule has 0 radical (unpaired) electrons. The van der Waals surface area contributed by atoms with Crippen LogP contribution in [0.15, 0.2) is 11.6 Å². The fraction of sp³-hybridized carbons (Fsp3) is 0.625. The molecule has 0 saturated heterocycles. The van der Waals surface area contributed by atoms with Crippen LogP contribution in [-0.2, 0) is 4.79 Å². The Morgan fingerprint density at radius 2 is 2.00 bits per heavy atom. The second kappa shape index (κ2) is 4.09. The minimum absolute atomic E-state index is 0.0989. The summed E-state index contributed by atoms with van der Waals surface area (Å²) in [4.78, 5) is 12.7. The molecule has 1 amide bonds. The lowest BCUT2D eigenvalue weighted by molar-refractivity contribution is -0.124. The molecule has 0 rings (SSSR count). The van der Waals surface area contributed by atoms with Gasteiger partial charge in [0.2, 0.25) is 5.91 Å². The third kappa shape index (κ3) is 2.67. The van der Waals surface area contributed by atoms with Crippen LogP contribution in [0.5, 0.6) is 0 Å². The number of carbonyl (C=O) groups is 1. The highest BCUT2D eigenvalue weighted by Crippen LogP contribution is 1.97. The predicted molar refractivity (Wildman–Crippen MR) is 42.7 cm³/mol. The SMILES string of the molecule is CCC=C(C)C(=O)N(C)C. The number of hydrogen-bond acceptors (Lipinski definition) is 1. The van der Waals surface area contributed by atoms with Gasteiger partial charge in [-0.05, 0) is 13.3 Å². The van der Waals surface area contributed by atoms with E-state index in [0.29, 0.717) is 0 Å². The van der Waals surface area contributed by atoms with E-state index in [1.54, 1.807) is 19.0 Å². The number of rotatable bonds is 2. The van der Waals surface area contributed by atoms with Gasteiger partial charge >= 0.3 is 0 Å². The second-order valence-corrected chi connectivity index (χ2v) is 2.49. The predicted octanol–water partition coefficient (Wildman–Crippen LogP) is 1.43. The molecule has 0 spiro atoms. The Kier molecular flexibility index (Phi) is 3.77. The minimum atomic E-state index is 0.0989. The van der Waals surface area contributed by atoms with Gasteiger partial charge in [-0.15, -0.1) is 0 Å². The molecule has 0 bridgehead atoms. The third-order valence-corrected chi connectivity index (χ3v) is 1.25. The zero-order chi connectivity index (χ0) is 8.15. The van der Waals surface area contributed by atoms with E-state index in [-0.39, 0.29) is 5.91 Å². The van der Waals surface area contributed by atoms with Gasteiger partial charge in [-0.1, -0.05) is 13.0 Å². The van der Waals surface area contributed by atoms with Crippen molar-refractivity contribution in [1.29, 1.82) is 0 Å². The van der Waals surface area contributed by atoms with Gasteiger partial charge in [0.25, 0.3) is 0 Å². The summed E-state index contributed by atoms with van der Waals surface area (Å²) in [5.74, 6) is 0.0989. The number of likely N-dealkylation sites (N-methyl/N-ethyl adjacent to an activating group) is 1. The fourth-order valence-corrected chi connectivity index (χ4v) is 0.746. The quantitative estimate of drug-likeness (QED) is 0.533. The Balaban J connectivity index is 4.08. The van der Waals surface area contributed by atoms with Gasteiger partial charge in [0.05, 0.1) is 0 Å². The molecule has 0 saturated carbocycles. The van der Waals surface area contributed by atoms with Gasteiger partial charge in [-0.25, -0.2) is 0 Å². The van der Waals surface area contributed by atoms with Crippen LogP contribution >= 0.6 is 0 Å². The van der Waals surface area contributed by atoms with Crippen LogP contribution in [-0.4, -0.2) is 24.9 Å². The number of amides is 1. The van der Waals surface area contributed by atoms with Crippen molar-refractivity contribution in [3.63, 3.8) is 0 Å². The minimum Gasteiger partial charge on any atom is -0.345 e. The molecule has 0 aromatic heterocycles. The van der Waals surface area contributed by atoms with E-state index < -0.39 is 0 Å². The molecule has 0 aliphatic rings. The molecular weight excluding hydrogens is 126 g/mol. The molecular formula is C8H15NO. The summed E-state index contributed by atoms with van der Waals surface area (Å²) in [5.41, 5.74) is 0.826. The number of nitrogens with zero attached hydrogens (tertiary/aromatic N) is 1. The Labute approximate surface area is 62.5 Å². The highest BCUT2D eigenvalue weighted by atomic mass is 16.2.